The molecule has 0 bridgehead atoms. The smallest absolute Gasteiger partial charge is 0.161 e. The number of nitrogens with zero attached hydrogens (tertiary/aromatic N) is 2. The lowest BCUT2D eigenvalue weighted by molar-refractivity contribution is 1.18. The van der Waals surface area contributed by atoms with Crippen LogP contribution < -0.4 is 0 Å². The van der Waals surface area contributed by atoms with Crippen molar-refractivity contribution in [1.82, 2.24) is 9.97 Å². The van der Waals surface area contributed by atoms with E-state index < -0.39 is 0 Å². The highest BCUT2D eigenvalue weighted by molar-refractivity contribution is 6.31. The molecule has 4 aromatic rings. The van der Waals surface area contributed by atoms with Crippen molar-refractivity contribution in [2.75, 3.05) is 0 Å². The molecule has 0 aliphatic rings. The molecule has 0 aliphatic heterocycles. The topological polar surface area (TPSA) is 25.8 Å². The van der Waals surface area contributed by atoms with Crippen LogP contribution in [-0.2, 0) is 0 Å². The Kier molecular flexibility index (Phi) is 4.70. The summed E-state index contributed by atoms with van der Waals surface area (Å²) >= 11 is 12.4. The molecule has 0 unspecified atom stereocenters. The van der Waals surface area contributed by atoms with E-state index in [1.807, 2.05) is 54.6 Å². The fourth-order valence-electron chi connectivity index (χ4n) is 2.81. The Morgan fingerprint density at radius 2 is 1.23 bits per heavy atom. The summed E-state index contributed by atoms with van der Waals surface area (Å²) in [6.07, 6.45) is 0. The Balaban J connectivity index is 1.79. The summed E-state index contributed by atoms with van der Waals surface area (Å²) in [5.41, 5.74) is 4.81. The van der Waals surface area contributed by atoms with Gasteiger partial charge in [0.15, 0.2) is 5.82 Å². The maximum absolute atomic E-state index is 6.26. The van der Waals surface area contributed by atoms with Crippen molar-refractivity contribution in [1.29, 1.82) is 0 Å². The maximum Gasteiger partial charge on any atom is 0.161 e. The third-order valence-corrected chi connectivity index (χ3v) is 4.47. The van der Waals surface area contributed by atoms with Crippen molar-refractivity contribution >= 4 is 23.2 Å². The van der Waals surface area contributed by atoms with Gasteiger partial charge in [0.25, 0.3) is 0 Å². The molecule has 26 heavy (non-hydrogen) atoms. The number of aromatic nitrogens is 2. The zero-order valence-corrected chi connectivity index (χ0v) is 15.2. The van der Waals surface area contributed by atoms with E-state index in [1.54, 1.807) is 6.07 Å². The Labute approximate surface area is 162 Å². The highest BCUT2D eigenvalue weighted by Gasteiger charge is 2.09. The first-order chi connectivity index (χ1) is 12.7. The standard InChI is InChI=1S/C22H14Cl2N2/c23-19-11-5-9-17(13-19)20-14-21(24)26-22(25-20)18-10-4-8-16(12-18)15-6-2-1-3-7-15/h1-14H. The van der Waals surface area contributed by atoms with Crippen molar-refractivity contribution in [2.45, 2.75) is 0 Å². The van der Waals surface area contributed by atoms with Crippen molar-refractivity contribution in [2.24, 2.45) is 0 Å². The SMILES string of the molecule is Clc1cccc(-c2cc(Cl)nc(-c3cccc(-c4ccccc4)c3)n2)c1. The number of hydrogen-bond acceptors (Lipinski definition) is 2. The Morgan fingerprint density at radius 3 is 2.04 bits per heavy atom. The quantitative estimate of drug-likeness (QED) is 0.368. The van der Waals surface area contributed by atoms with Gasteiger partial charge in [-0.1, -0.05) is 83.9 Å². The fourth-order valence-corrected chi connectivity index (χ4v) is 3.18. The van der Waals surface area contributed by atoms with Gasteiger partial charge >= 0.3 is 0 Å². The molecule has 2 nitrogen and oxygen atoms in total. The van der Waals surface area contributed by atoms with Crippen LogP contribution >= 0.6 is 23.2 Å². The maximum atomic E-state index is 6.26. The predicted molar refractivity (Wildman–Crippen MR) is 108 cm³/mol. The van der Waals surface area contributed by atoms with Gasteiger partial charge in [-0.2, -0.15) is 0 Å². The average Bonchev–Trinajstić information content (AvgIpc) is 2.68. The van der Waals surface area contributed by atoms with E-state index in [2.05, 4.69) is 29.2 Å². The highest BCUT2D eigenvalue weighted by atomic mass is 35.5. The number of benzene rings is 3. The highest BCUT2D eigenvalue weighted by Crippen LogP contribution is 2.28. The Bertz CT molecular complexity index is 1060. The zero-order chi connectivity index (χ0) is 17.9. The van der Waals surface area contributed by atoms with Crippen LogP contribution in [0.1, 0.15) is 0 Å². The molecule has 1 aromatic heterocycles. The first-order valence-electron chi connectivity index (χ1n) is 8.15. The van der Waals surface area contributed by atoms with Crippen molar-refractivity contribution in [3.8, 4) is 33.8 Å². The molecular weight excluding hydrogens is 363 g/mol. The fraction of sp³-hybridized carbons (Fsp3) is 0. The first-order valence-corrected chi connectivity index (χ1v) is 8.91. The van der Waals surface area contributed by atoms with Gasteiger partial charge in [-0.25, -0.2) is 9.97 Å². The van der Waals surface area contributed by atoms with Crippen molar-refractivity contribution in [3.63, 3.8) is 0 Å². The van der Waals surface area contributed by atoms with Crippen LogP contribution in [0.4, 0.5) is 0 Å². The minimum Gasteiger partial charge on any atom is -0.228 e. The molecule has 0 amide bonds. The summed E-state index contributed by atoms with van der Waals surface area (Å²) in [6, 6.07) is 27.6. The van der Waals surface area contributed by atoms with Crippen LogP contribution in [0.5, 0.6) is 0 Å². The monoisotopic (exact) mass is 376 g/mol. The molecule has 0 fully saturated rings. The summed E-state index contributed by atoms with van der Waals surface area (Å²) in [6.45, 7) is 0. The molecule has 3 aromatic carbocycles. The molecule has 4 rings (SSSR count). The van der Waals surface area contributed by atoms with E-state index in [0.29, 0.717) is 16.0 Å². The van der Waals surface area contributed by atoms with Gasteiger partial charge in [-0.3, -0.25) is 0 Å². The second-order valence-corrected chi connectivity index (χ2v) is 6.68. The summed E-state index contributed by atoms with van der Waals surface area (Å²) in [4.78, 5) is 9.10. The van der Waals surface area contributed by atoms with E-state index in [0.717, 1.165) is 27.9 Å². The number of halogens is 2. The number of rotatable bonds is 3. The average molecular weight is 377 g/mol. The molecule has 0 aliphatic carbocycles. The van der Waals surface area contributed by atoms with Crippen LogP contribution in [0.2, 0.25) is 10.2 Å². The lowest BCUT2D eigenvalue weighted by Crippen LogP contribution is -1.93. The van der Waals surface area contributed by atoms with Gasteiger partial charge in [0.2, 0.25) is 0 Å². The third-order valence-electron chi connectivity index (χ3n) is 4.04. The van der Waals surface area contributed by atoms with E-state index in [1.165, 1.54) is 0 Å². The Morgan fingerprint density at radius 1 is 0.538 bits per heavy atom. The summed E-state index contributed by atoms with van der Waals surface area (Å²) in [5.74, 6) is 0.588. The lowest BCUT2D eigenvalue weighted by Gasteiger charge is -2.08. The normalized spacial score (nSPS) is 10.7. The van der Waals surface area contributed by atoms with Gasteiger partial charge in [0, 0.05) is 22.2 Å². The van der Waals surface area contributed by atoms with E-state index in [-0.39, 0.29) is 0 Å². The van der Waals surface area contributed by atoms with Crippen LogP contribution in [0, 0.1) is 0 Å². The molecule has 126 valence electrons. The minimum absolute atomic E-state index is 0.398. The second-order valence-electron chi connectivity index (χ2n) is 5.86. The van der Waals surface area contributed by atoms with Crippen LogP contribution in [0.15, 0.2) is 84.9 Å². The van der Waals surface area contributed by atoms with Crippen LogP contribution in [0.25, 0.3) is 33.8 Å². The molecule has 0 radical (unpaired) electrons. The van der Waals surface area contributed by atoms with Crippen molar-refractivity contribution in [3.05, 3.63) is 95.1 Å². The van der Waals surface area contributed by atoms with E-state index in [4.69, 9.17) is 28.2 Å². The predicted octanol–water partition coefficient (Wildman–Crippen LogP) is 6.78. The largest absolute Gasteiger partial charge is 0.228 e. The molecule has 0 saturated carbocycles. The first kappa shape index (κ1) is 16.8. The third kappa shape index (κ3) is 3.62. The lowest BCUT2D eigenvalue weighted by atomic mass is 10.0. The summed E-state index contributed by atoms with van der Waals surface area (Å²) in [7, 11) is 0. The molecule has 1 heterocycles. The second kappa shape index (κ2) is 7.28. The van der Waals surface area contributed by atoms with Crippen molar-refractivity contribution < 1.29 is 0 Å². The minimum atomic E-state index is 0.398. The van der Waals surface area contributed by atoms with Crippen LogP contribution in [0.3, 0.4) is 0 Å². The molecular formula is C22H14Cl2N2. The molecule has 0 N–H and O–H groups in total. The van der Waals surface area contributed by atoms with Gasteiger partial charge in [-0.05, 0) is 29.3 Å². The summed E-state index contributed by atoms with van der Waals surface area (Å²) < 4.78 is 0. The summed E-state index contributed by atoms with van der Waals surface area (Å²) in [5, 5.41) is 1.06. The van der Waals surface area contributed by atoms with E-state index in [9.17, 15) is 0 Å². The molecule has 0 atom stereocenters. The zero-order valence-electron chi connectivity index (χ0n) is 13.7. The molecule has 0 spiro atoms. The van der Waals surface area contributed by atoms with Crippen LogP contribution in [-0.4, -0.2) is 9.97 Å². The van der Waals surface area contributed by atoms with Gasteiger partial charge in [0.05, 0.1) is 5.69 Å². The molecule has 4 heteroatoms. The molecule has 0 saturated heterocycles. The van der Waals surface area contributed by atoms with Gasteiger partial charge in [-0.15, -0.1) is 0 Å². The van der Waals surface area contributed by atoms with E-state index >= 15 is 0 Å². The Hall–Kier alpha value is -2.68. The van der Waals surface area contributed by atoms with Gasteiger partial charge in [0.1, 0.15) is 5.15 Å². The van der Waals surface area contributed by atoms with Gasteiger partial charge < -0.3 is 0 Å². The number of hydrogen-bond donors (Lipinski definition) is 0.